The minimum absolute atomic E-state index is 0.482. The van der Waals surface area contributed by atoms with Crippen LogP contribution in [0.1, 0.15) is 50.4 Å². The van der Waals surface area contributed by atoms with Crippen LogP contribution in [-0.2, 0) is 13.5 Å². The first-order valence-electron chi connectivity index (χ1n) is 10.2. The van der Waals surface area contributed by atoms with Gasteiger partial charge in [-0.05, 0) is 48.4 Å². The lowest BCUT2D eigenvalue weighted by Gasteiger charge is -2.09. The van der Waals surface area contributed by atoms with Crippen molar-refractivity contribution >= 4 is 22.1 Å². The third kappa shape index (κ3) is 3.19. The SMILES string of the molecule is Cc1ccc2c(oc3nc(CC(C)C)ccc32)c1-c1cc(C(C)C)cc[n+]1C. The summed E-state index contributed by atoms with van der Waals surface area (Å²) in [5.74, 6) is 1.06. The molecule has 144 valence electrons. The van der Waals surface area contributed by atoms with Gasteiger partial charge in [0.25, 0.3) is 0 Å². The van der Waals surface area contributed by atoms with Gasteiger partial charge in [-0.1, -0.05) is 39.8 Å². The maximum Gasteiger partial charge on any atom is 0.227 e. The number of hydrogen-bond acceptors (Lipinski definition) is 2. The summed E-state index contributed by atoms with van der Waals surface area (Å²) in [6, 6.07) is 13.1. The maximum atomic E-state index is 6.37. The number of fused-ring (bicyclic) bond motifs is 3. The predicted octanol–water partition coefficient (Wildman–Crippen LogP) is 6.10. The Bertz CT molecular complexity index is 1170. The van der Waals surface area contributed by atoms with Crippen LogP contribution in [0.15, 0.2) is 47.0 Å². The van der Waals surface area contributed by atoms with E-state index in [1.807, 2.05) is 0 Å². The van der Waals surface area contributed by atoms with Crippen LogP contribution in [0, 0.1) is 12.8 Å². The van der Waals surface area contributed by atoms with Gasteiger partial charge >= 0.3 is 0 Å². The fraction of sp³-hybridized carbons (Fsp3) is 0.360. The zero-order valence-corrected chi connectivity index (χ0v) is 17.7. The molecular formula is C25H29N2O+. The Morgan fingerprint density at radius 3 is 2.46 bits per heavy atom. The molecule has 0 aliphatic rings. The minimum atomic E-state index is 0.482. The van der Waals surface area contributed by atoms with Crippen molar-refractivity contribution in [3.05, 3.63) is 59.4 Å². The Kier molecular flexibility index (Phi) is 4.70. The molecule has 0 N–H and O–H groups in total. The van der Waals surface area contributed by atoms with E-state index in [9.17, 15) is 0 Å². The zero-order valence-electron chi connectivity index (χ0n) is 17.7. The van der Waals surface area contributed by atoms with Gasteiger partial charge in [0, 0.05) is 28.6 Å². The van der Waals surface area contributed by atoms with Crippen molar-refractivity contribution in [1.82, 2.24) is 4.98 Å². The van der Waals surface area contributed by atoms with Gasteiger partial charge < -0.3 is 4.42 Å². The predicted molar refractivity (Wildman–Crippen MR) is 115 cm³/mol. The van der Waals surface area contributed by atoms with E-state index in [0.29, 0.717) is 11.8 Å². The molecule has 0 atom stereocenters. The molecule has 3 aromatic heterocycles. The number of rotatable bonds is 4. The number of aromatic nitrogens is 2. The third-order valence-electron chi connectivity index (χ3n) is 5.49. The molecule has 4 aromatic rings. The summed E-state index contributed by atoms with van der Waals surface area (Å²) in [6.07, 6.45) is 3.11. The van der Waals surface area contributed by atoms with Gasteiger partial charge in [0.05, 0.1) is 5.56 Å². The lowest BCUT2D eigenvalue weighted by molar-refractivity contribution is -0.660. The average Bonchev–Trinajstić information content (AvgIpc) is 2.99. The van der Waals surface area contributed by atoms with Gasteiger partial charge in [-0.3, -0.25) is 0 Å². The van der Waals surface area contributed by atoms with Crippen molar-refractivity contribution in [2.24, 2.45) is 13.0 Å². The van der Waals surface area contributed by atoms with Crippen molar-refractivity contribution in [2.75, 3.05) is 0 Å². The quantitative estimate of drug-likeness (QED) is 0.404. The van der Waals surface area contributed by atoms with Crippen molar-refractivity contribution in [3.8, 4) is 11.3 Å². The smallest absolute Gasteiger partial charge is 0.227 e. The molecule has 0 saturated carbocycles. The van der Waals surface area contributed by atoms with Crippen LogP contribution in [0.25, 0.3) is 33.3 Å². The van der Waals surface area contributed by atoms with Gasteiger partial charge in [-0.2, -0.15) is 0 Å². The summed E-state index contributed by atoms with van der Waals surface area (Å²) >= 11 is 0. The first-order valence-corrected chi connectivity index (χ1v) is 10.2. The van der Waals surface area contributed by atoms with E-state index in [1.165, 1.54) is 16.8 Å². The highest BCUT2D eigenvalue weighted by atomic mass is 16.3. The second-order valence-electron chi connectivity index (χ2n) is 8.60. The standard InChI is InChI=1S/C25H29N2O/c1-15(2)13-19-8-10-21-20-9-7-17(5)23(24(20)28-25(21)26-19)22-14-18(16(3)4)11-12-27(22)6/h7-12,14-16H,13H2,1-6H3/q+1. The number of hydrogen-bond donors (Lipinski definition) is 0. The van der Waals surface area contributed by atoms with Gasteiger partial charge in [0.15, 0.2) is 11.8 Å². The molecule has 0 aliphatic carbocycles. The van der Waals surface area contributed by atoms with Gasteiger partial charge in [0.2, 0.25) is 11.4 Å². The Morgan fingerprint density at radius 2 is 1.75 bits per heavy atom. The summed E-state index contributed by atoms with van der Waals surface area (Å²) in [5, 5.41) is 2.22. The molecule has 0 fully saturated rings. The highest BCUT2D eigenvalue weighted by Gasteiger charge is 2.22. The normalized spacial score (nSPS) is 12.0. The number of aryl methyl sites for hydroxylation is 2. The Morgan fingerprint density at radius 1 is 1.00 bits per heavy atom. The highest BCUT2D eigenvalue weighted by Crippen LogP contribution is 2.37. The molecule has 3 heteroatoms. The Labute approximate surface area is 167 Å². The van der Waals surface area contributed by atoms with Crippen molar-refractivity contribution < 1.29 is 8.98 Å². The lowest BCUT2D eigenvalue weighted by atomic mass is 9.97. The molecule has 0 saturated heterocycles. The van der Waals surface area contributed by atoms with Crippen LogP contribution in [0.4, 0.5) is 0 Å². The van der Waals surface area contributed by atoms with Crippen molar-refractivity contribution in [3.63, 3.8) is 0 Å². The van der Waals surface area contributed by atoms with Crippen molar-refractivity contribution in [2.45, 2.75) is 47.0 Å². The van der Waals surface area contributed by atoms with Crippen LogP contribution in [0.5, 0.6) is 0 Å². The first kappa shape index (κ1) is 18.7. The lowest BCUT2D eigenvalue weighted by Crippen LogP contribution is -2.31. The molecular weight excluding hydrogens is 344 g/mol. The van der Waals surface area contributed by atoms with E-state index in [2.05, 4.69) is 88.8 Å². The minimum Gasteiger partial charge on any atom is -0.437 e. The second-order valence-corrected chi connectivity index (χ2v) is 8.60. The molecule has 1 aromatic carbocycles. The largest absolute Gasteiger partial charge is 0.437 e. The summed E-state index contributed by atoms with van der Waals surface area (Å²) in [7, 11) is 2.10. The fourth-order valence-electron chi connectivity index (χ4n) is 3.90. The highest BCUT2D eigenvalue weighted by molar-refractivity contribution is 6.08. The molecule has 0 aliphatic heterocycles. The van der Waals surface area contributed by atoms with Crippen LogP contribution in [0.3, 0.4) is 0 Å². The molecule has 4 rings (SSSR count). The molecule has 0 spiro atoms. The maximum absolute atomic E-state index is 6.37. The summed E-state index contributed by atoms with van der Waals surface area (Å²) in [6.45, 7) is 11.0. The Balaban J connectivity index is 1.99. The van der Waals surface area contributed by atoms with E-state index in [-0.39, 0.29) is 0 Å². The molecule has 0 bridgehead atoms. The van der Waals surface area contributed by atoms with Gasteiger partial charge in [-0.15, -0.1) is 0 Å². The summed E-state index contributed by atoms with van der Waals surface area (Å²) in [4.78, 5) is 4.81. The topological polar surface area (TPSA) is 29.9 Å². The van der Waals surface area contributed by atoms with Crippen LogP contribution < -0.4 is 4.57 Å². The van der Waals surface area contributed by atoms with Crippen LogP contribution in [0.2, 0.25) is 0 Å². The van der Waals surface area contributed by atoms with Gasteiger partial charge in [0.1, 0.15) is 7.05 Å². The fourth-order valence-corrected chi connectivity index (χ4v) is 3.90. The molecule has 28 heavy (non-hydrogen) atoms. The Hall–Kier alpha value is -2.68. The molecule has 3 heterocycles. The number of benzene rings is 1. The molecule has 0 amide bonds. The number of furan rings is 1. The van der Waals surface area contributed by atoms with E-state index < -0.39 is 0 Å². The zero-order chi connectivity index (χ0) is 20.0. The van der Waals surface area contributed by atoms with Crippen LogP contribution in [-0.4, -0.2) is 4.98 Å². The van der Waals surface area contributed by atoms with Crippen LogP contribution >= 0.6 is 0 Å². The molecule has 3 nitrogen and oxygen atoms in total. The first-order chi connectivity index (χ1) is 13.3. The molecule has 0 unspecified atom stereocenters. The number of nitrogens with zero attached hydrogens (tertiary/aromatic N) is 2. The van der Waals surface area contributed by atoms with E-state index in [1.54, 1.807) is 0 Å². The van der Waals surface area contributed by atoms with E-state index >= 15 is 0 Å². The summed E-state index contributed by atoms with van der Waals surface area (Å²) in [5.41, 5.74) is 7.64. The third-order valence-corrected chi connectivity index (χ3v) is 5.49. The van der Waals surface area contributed by atoms with E-state index in [4.69, 9.17) is 9.40 Å². The monoisotopic (exact) mass is 373 g/mol. The van der Waals surface area contributed by atoms with E-state index in [0.717, 1.165) is 39.7 Å². The molecule has 0 radical (unpaired) electrons. The van der Waals surface area contributed by atoms with Crippen molar-refractivity contribution in [1.29, 1.82) is 0 Å². The average molecular weight is 374 g/mol. The van der Waals surface area contributed by atoms with Gasteiger partial charge in [-0.25, -0.2) is 9.55 Å². The second kappa shape index (κ2) is 7.05. The number of pyridine rings is 2. The summed E-state index contributed by atoms with van der Waals surface area (Å²) < 4.78 is 8.55.